The maximum absolute atomic E-state index is 13.5. The van der Waals surface area contributed by atoms with E-state index in [0.29, 0.717) is 12.3 Å². The van der Waals surface area contributed by atoms with E-state index in [1.54, 1.807) is 6.07 Å². The minimum absolute atomic E-state index is 0.00806. The first-order valence-corrected chi connectivity index (χ1v) is 7.45. The van der Waals surface area contributed by atoms with E-state index in [9.17, 15) is 8.78 Å². The van der Waals surface area contributed by atoms with Gasteiger partial charge in [-0.3, -0.25) is 0 Å². The number of hydrogen-bond donors (Lipinski definition) is 1. The Hall–Kier alpha value is -1.46. The Morgan fingerprint density at radius 2 is 1.90 bits per heavy atom. The van der Waals surface area contributed by atoms with Crippen LogP contribution in [0.4, 0.5) is 8.78 Å². The fourth-order valence-corrected chi connectivity index (χ4v) is 2.24. The number of hydrogen-bond acceptors (Lipinski definition) is 2. The Bertz CT molecular complexity index is 619. The van der Waals surface area contributed by atoms with Gasteiger partial charge in [-0.25, -0.2) is 8.78 Å². The Morgan fingerprint density at radius 3 is 2.67 bits per heavy atom. The minimum atomic E-state index is -0.473. The molecule has 1 N–H and O–H groups in total. The number of halogens is 3. The Morgan fingerprint density at radius 1 is 1.10 bits per heavy atom. The molecule has 0 aliphatic heterocycles. The van der Waals surface area contributed by atoms with Crippen molar-refractivity contribution in [3.63, 3.8) is 0 Å². The van der Waals surface area contributed by atoms with Crippen LogP contribution in [0.5, 0.6) is 5.75 Å². The van der Waals surface area contributed by atoms with Gasteiger partial charge in [-0.2, -0.15) is 0 Å². The van der Waals surface area contributed by atoms with Crippen LogP contribution in [0.2, 0.25) is 0 Å². The molecular weight excluding hydrogens is 340 g/mol. The number of ether oxygens (including phenoxy) is 1. The molecular formula is C16H16BrF2NO. The predicted molar refractivity (Wildman–Crippen MR) is 82.2 cm³/mol. The molecule has 0 saturated heterocycles. The summed E-state index contributed by atoms with van der Waals surface area (Å²) < 4.78 is 33.1. The van der Waals surface area contributed by atoms with E-state index in [1.807, 2.05) is 19.1 Å². The highest BCUT2D eigenvalue weighted by molar-refractivity contribution is 9.10. The molecule has 2 aromatic carbocycles. The average Bonchev–Trinajstić information content (AvgIpc) is 2.48. The van der Waals surface area contributed by atoms with Crippen LogP contribution in [0.25, 0.3) is 0 Å². The highest BCUT2D eigenvalue weighted by atomic mass is 79.9. The molecule has 2 rings (SSSR count). The molecule has 0 fully saturated rings. The van der Waals surface area contributed by atoms with E-state index in [1.165, 1.54) is 0 Å². The third-order valence-corrected chi connectivity index (χ3v) is 3.76. The number of nitrogens with one attached hydrogen (secondary N) is 1. The van der Waals surface area contributed by atoms with Crippen molar-refractivity contribution in [2.24, 2.45) is 0 Å². The summed E-state index contributed by atoms with van der Waals surface area (Å²) in [4.78, 5) is 0. The maximum atomic E-state index is 13.5. The first-order chi connectivity index (χ1) is 10.1. The molecule has 2 nitrogen and oxygen atoms in total. The molecule has 112 valence electrons. The van der Waals surface area contributed by atoms with Crippen LogP contribution in [-0.4, -0.2) is 6.54 Å². The SMILES string of the molecule is CCNCc1cc(OCc2cc(F)ccc2F)ccc1Br. The summed E-state index contributed by atoms with van der Waals surface area (Å²) >= 11 is 3.47. The van der Waals surface area contributed by atoms with Crippen LogP contribution in [0.1, 0.15) is 18.1 Å². The van der Waals surface area contributed by atoms with Gasteiger partial charge in [0.15, 0.2) is 0 Å². The summed E-state index contributed by atoms with van der Waals surface area (Å²) in [6.07, 6.45) is 0. The van der Waals surface area contributed by atoms with Crippen molar-refractivity contribution in [3.8, 4) is 5.75 Å². The molecule has 0 heterocycles. The minimum Gasteiger partial charge on any atom is -0.489 e. The van der Waals surface area contributed by atoms with Gasteiger partial charge in [-0.15, -0.1) is 0 Å². The highest BCUT2D eigenvalue weighted by Gasteiger charge is 2.06. The fraction of sp³-hybridized carbons (Fsp3) is 0.250. The highest BCUT2D eigenvalue weighted by Crippen LogP contribution is 2.23. The first kappa shape index (κ1) is 15.9. The van der Waals surface area contributed by atoms with Gasteiger partial charge in [0.1, 0.15) is 24.0 Å². The Balaban J connectivity index is 2.07. The molecule has 0 aliphatic rings. The normalized spacial score (nSPS) is 10.7. The van der Waals surface area contributed by atoms with E-state index >= 15 is 0 Å². The molecule has 0 radical (unpaired) electrons. The van der Waals surface area contributed by atoms with Gasteiger partial charge in [-0.1, -0.05) is 22.9 Å². The van der Waals surface area contributed by atoms with Crippen LogP contribution in [0, 0.1) is 11.6 Å². The predicted octanol–water partition coefficient (Wildman–Crippen LogP) is 4.42. The lowest BCUT2D eigenvalue weighted by Crippen LogP contribution is -2.12. The Kier molecular flexibility index (Phi) is 5.70. The molecule has 0 spiro atoms. The van der Waals surface area contributed by atoms with Gasteiger partial charge in [0.25, 0.3) is 0 Å². The zero-order chi connectivity index (χ0) is 15.2. The van der Waals surface area contributed by atoms with Gasteiger partial charge in [0.05, 0.1) is 0 Å². The molecule has 0 amide bonds. The third-order valence-electron chi connectivity index (χ3n) is 2.98. The van der Waals surface area contributed by atoms with Crippen molar-refractivity contribution in [1.29, 1.82) is 0 Å². The quantitative estimate of drug-likeness (QED) is 0.828. The maximum Gasteiger partial charge on any atom is 0.130 e. The molecule has 2 aromatic rings. The summed E-state index contributed by atoms with van der Waals surface area (Å²) in [5.74, 6) is -0.324. The van der Waals surface area contributed by atoms with Gasteiger partial charge in [-0.05, 0) is 48.5 Å². The second-order valence-electron chi connectivity index (χ2n) is 4.56. The van der Waals surface area contributed by atoms with Crippen LogP contribution in [-0.2, 0) is 13.2 Å². The third kappa shape index (κ3) is 4.51. The number of rotatable bonds is 6. The molecule has 5 heteroatoms. The zero-order valence-corrected chi connectivity index (χ0v) is 13.2. The van der Waals surface area contributed by atoms with E-state index in [-0.39, 0.29) is 12.2 Å². The van der Waals surface area contributed by atoms with E-state index in [2.05, 4.69) is 21.2 Å². The van der Waals surface area contributed by atoms with Crippen molar-refractivity contribution >= 4 is 15.9 Å². The van der Waals surface area contributed by atoms with E-state index in [0.717, 1.165) is 34.8 Å². The Labute approximate surface area is 131 Å². The molecule has 0 unspecified atom stereocenters. The van der Waals surface area contributed by atoms with Crippen molar-refractivity contribution in [3.05, 3.63) is 63.6 Å². The largest absolute Gasteiger partial charge is 0.489 e. The second-order valence-corrected chi connectivity index (χ2v) is 5.41. The summed E-state index contributed by atoms with van der Waals surface area (Å²) in [6, 6.07) is 8.89. The number of benzene rings is 2. The van der Waals surface area contributed by atoms with Crippen molar-refractivity contribution in [2.75, 3.05) is 6.54 Å². The zero-order valence-electron chi connectivity index (χ0n) is 11.6. The van der Waals surface area contributed by atoms with E-state index in [4.69, 9.17) is 4.74 Å². The monoisotopic (exact) mass is 355 g/mol. The van der Waals surface area contributed by atoms with Crippen LogP contribution in [0.15, 0.2) is 40.9 Å². The van der Waals surface area contributed by atoms with Crippen molar-refractivity contribution in [1.82, 2.24) is 5.32 Å². The molecule has 0 aliphatic carbocycles. The van der Waals surface area contributed by atoms with Gasteiger partial charge >= 0.3 is 0 Å². The smallest absolute Gasteiger partial charge is 0.130 e. The summed E-state index contributed by atoms with van der Waals surface area (Å²) in [7, 11) is 0. The summed E-state index contributed by atoms with van der Waals surface area (Å²) in [5.41, 5.74) is 1.25. The molecule has 0 bridgehead atoms. The fourth-order valence-electron chi connectivity index (χ4n) is 1.85. The average molecular weight is 356 g/mol. The lowest BCUT2D eigenvalue weighted by Gasteiger charge is -2.11. The summed E-state index contributed by atoms with van der Waals surface area (Å²) in [6.45, 7) is 3.60. The lowest BCUT2D eigenvalue weighted by molar-refractivity contribution is 0.298. The molecule has 0 atom stereocenters. The topological polar surface area (TPSA) is 21.3 Å². The summed E-state index contributed by atoms with van der Waals surface area (Å²) in [5, 5.41) is 3.23. The van der Waals surface area contributed by atoms with Gasteiger partial charge in [0.2, 0.25) is 0 Å². The van der Waals surface area contributed by atoms with Gasteiger partial charge in [0, 0.05) is 16.6 Å². The van der Waals surface area contributed by atoms with Crippen molar-refractivity contribution in [2.45, 2.75) is 20.1 Å². The first-order valence-electron chi connectivity index (χ1n) is 6.66. The van der Waals surface area contributed by atoms with Crippen LogP contribution < -0.4 is 10.1 Å². The van der Waals surface area contributed by atoms with Gasteiger partial charge < -0.3 is 10.1 Å². The van der Waals surface area contributed by atoms with Crippen LogP contribution in [0.3, 0.4) is 0 Å². The molecule has 21 heavy (non-hydrogen) atoms. The molecule has 0 aromatic heterocycles. The van der Waals surface area contributed by atoms with E-state index < -0.39 is 11.6 Å². The van der Waals surface area contributed by atoms with Crippen molar-refractivity contribution < 1.29 is 13.5 Å². The standard InChI is InChI=1S/C16H16BrF2NO/c1-2-20-9-11-8-14(4-5-15(11)17)21-10-12-7-13(18)3-6-16(12)19/h3-8,20H,2,9-10H2,1H3. The molecule has 0 saturated carbocycles. The van der Waals surface area contributed by atoms with Crippen LogP contribution >= 0.6 is 15.9 Å². The second kappa shape index (κ2) is 7.52. The lowest BCUT2D eigenvalue weighted by atomic mass is 10.2.